The third-order valence-corrected chi connectivity index (χ3v) is 2.75. The molecule has 1 aromatic rings. The third kappa shape index (κ3) is 3.42. The quantitative estimate of drug-likeness (QED) is 0.511. The van der Waals surface area contributed by atoms with Crippen molar-refractivity contribution in [2.75, 3.05) is 11.2 Å². The van der Waals surface area contributed by atoms with E-state index in [9.17, 15) is 14.9 Å². The summed E-state index contributed by atoms with van der Waals surface area (Å²) in [5, 5.41) is 13.3. The fraction of sp³-hybridized carbons (Fsp3) is 0.364. The van der Waals surface area contributed by atoms with E-state index in [1.54, 1.807) is 26.0 Å². The van der Waals surface area contributed by atoms with Gasteiger partial charge in [0.1, 0.15) is 5.69 Å². The fourth-order valence-electron chi connectivity index (χ4n) is 1.24. The Hall–Kier alpha value is -1.62. The Morgan fingerprint density at radius 1 is 1.59 bits per heavy atom. The Morgan fingerprint density at radius 3 is 2.76 bits per heavy atom. The molecule has 0 spiro atoms. The van der Waals surface area contributed by atoms with Gasteiger partial charge in [-0.2, -0.15) is 0 Å². The van der Waals surface area contributed by atoms with Gasteiger partial charge in [0.05, 0.1) is 4.92 Å². The lowest BCUT2D eigenvalue weighted by Gasteiger charge is -2.10. The number of nitrogens with zero attached hydrogens (tertiary/aromatic N) is 1. The highest BCUT2D eigenvalue weighted by Crippen LogP contribution is 2.25. The molecule has 0 aromatic heterocycles. The molecule has 0 fully saturated rings. The van der Waals surface area contributed by atoms with Crippen LogP contribution in [-0.2, 0) is 4.79 Å². The van der Waals surface area contributed by atoms with E-state index < -0.39 is 10.8 Å². The predicted molar refractivity (Wildman–Crippen MR) is 66.3 cm³/mol. The molecule has 0 saturated heterocycles. The zero-order valence-electron chi connectivity index (χ0n) is 9.57. The van der Waals surface area contributed by atoms with E-state index in [1.807, 2.05) is 0 Å². The molecule has 1 rings (SSSR count). The van der Waals surface area contributed by atoms with Crippen LogP contribution in [0.2, 0.25) is 0 Å². The van der Waals surface area contributed by atoms with Gasteiger partial charge in [0.25, 0.3) is 5.69 Å². The van der Waals surface area contributed by atoms with Crippen LogP contribution in [0.15, 0.2) is 18.2 Å². The first kappa shape index (κ1) is 13.4. The molecule has 1 amide bonds. The maximum Gasteiger partial charge on any atom is 0.292 e. The Bertz CT molecular complexity index is 448. The van der Waals surface area contributed by atoms with Gasteiger partial charge < -0.3 is 5.32 Å². The fourth-order valence-corrected chi connectivity index (χ4v) is 1.38. The Kier molecular flexibility index (Phi) is 4.45. The van der Waals surface area contributed by atoms with Gasteiger partial charge in [0.2, 0.25) is 5.91 Å². The van der Waals surface area contributed by atoms with Crippen LogP contribution in [0, 0.1) is 23.0 Å². The van der Waals surface area contributed by atoms with E-state index in [2.05, 4.69) is 5.32 Å². The second kappa shape index (κ2) is 5.63. The first-order valence-electron chi connectivity index (χ1n) is 5.07. The largest absolute Gasteiger partial charge is 0.320 e. The van der Waals surface area contributed by atoms with Crippen molar-refractivity contribution in [3.05, 3.63) is 33.9 Å². The Morgan fingerprint density at radius 2 is 2.24 bits per heavy atom. The summed E-state index contributed by atoms with van der Waals surface area (Å²) in [5.74, 6) is -0.545. The molecule has 1 atom stereocenters. The molecule has 0 bridgehead atoms. The second-order valence-corrected chi connectivity index (χ2v) is 4.13. The number of alkyl halides is 1. The van der Waals surface area contributed by atoms with Gasteiger partial charge in [-0.15, -0.1) is 11.6 Å². The SMILES string of the molecule is Cc1ccc([N+](=O)[O-])c(NC(=O)C(C)CCl)c1. The third-order valence-electron chi connectivity index (χ3n) is 2.29. The number of amides is 1. The van der Waals surface area contributed by atoms with Crippen LogP contribution in [0.5, 0.6) is 0 Å². The van der Waals surface area contributed by atoms with Gasteiger partial charge >= 0.3 is 0 Å². The number of carbonyl (C=O) groups is 1. The van der Waals surface area contributed by atoms with Crippen molar-refractivity contribution < 1.29 is 9.72 Å². The van der Waals surface area contributed by atoms with Crippen LogP contribution in [0.3, 0.4) is 0 Å². The van der Waals surface area contributed by atoms with E-state index in [1.165, 1.54) is 6.07 Å². The minimum Gasteiger partial charge on any atom is -0.320 e. The van der Waals surface area contributed by atoms with Crippen molar-refractivity contribution in [2.24, 2.45) is 5.92 Å². The summed E-state index contributed by atoms with van der Waals surface area (Å²) in [6.45, 7) is 3.45. The molecule has 92 valence electrons. The first-order chi connectivity index (χ1) is 7.95. The molecular formula is C11H13ClN2O3. The van der Waals surface area contributed by atoms with E-state index >= 15 is 0 Å². The molecule has 1 aromatic carbocycles. The number of halogens is 1. The number of nitro benzene ring substituents is 1. The van der Waals surface area contributed by atoms with Crippen LogP contribution >= 0.6 is 11.6 Å². The molecule has 1 unspecified atom stereocenters. The molecule has 0 aliphatic rings. The second-order valence-electron chi connectivity index (χ2n) is 3.82. The summed E-state index contributed by atoms with van der Waals surface area (Å²) in [5.41, 5.74) is 0.923. The minimum absolute atomic E-state index is 0.120. The Balaban J connectivity index is 3.00. The van der Waals surface area contributed by atoms with Gasteiger partial charge in [-0.3, -0.25) is 14.9 Å². The molecule has 0 aliphatic carbocycles. The van der Waals surface area contributed by atoms with Crippen molar-refractivity contribution in [3.8, 4) is 0 Å². The van der Waals surface area contributed by atoms with Crippen LogP contribution < -0.4 is 5.32 Å². The predicted octanol–water partition coefficient (Wildman–Crippen LogP) is 2.72. The van der Waals surface area contributed by atoms with Crippen molar-refractivity contribution in [1.29, 1.82) is 0 Å². The van der Waals surface area contributed by atoms with Gasteiger partial charge in [0.15, 0.2) is 0 Å². The maximum absolute atomic E-state index is 11.6. The lowest BCUT2D eigenvalue weighted by atomic mass is 10.1. The molecule has 0 saturated carbocycles. The van der Waals surface area contributed by atoms with Crippen LogP contribution in [-0.4, -0.2) is 16.7 Å². The monoisotopic (exact) mass is 256 g/mol. The average molecular weight is 257 g/mol. The maximum atomic E-state index is 11.6. The molecule has 6 heteroatoms. The van der Waals surface area contributed by atoms with Crippen molar-refractivity contribution in [2.45, 2.75) is 13.8 Å². The topological polar surface area (TPSA) is 72.2 Å². The first-order valence-corrected chi connectivity index (χ1v) is 5.61. The minimum atomic E-state index is -0.527. The number of anilines is 1. The van der Waals surface area contributed by atoms with Crippen LogP contribution in [0.1, 0.15) is 12.5 Å². The van der Waals surface area contributed by atoms with E-state index in [0.717, 1.165) is 5.56 Å². The van der Waals surface area contributed by atoms with Crippen molar-refractivity contribution in [1.82, 2.24) is 0 Å². The molecule has 0 radical (unpaired) electrons. The lowest BCUT2D eigenvalue weighted by Crippen LogP contribution is -2.22. The lowest BCUT2D eigenvalue weighted by molar-refractivity contribution is -0.383. The number of benzene rings is 1. The van der Waals surface area contributed by atoms with E-state index in [0.29, 0.717) is 0 Å². The smallest absolute Gasteiger partial charge is 0.292 e. The standard InChI is InChI=1S/C11H13ClN2O3/c1-7-3-4-10(14(16)17)9(5-7)13-11(15)8(2)6-12/h3-5,8H,6H2,1-2H3,(H,13,15). The number of hydrogen-bond acceptors (Lipinski definition) is 3. The summed E-state index contributed by atoms with van der Waals surface area (Å²) < 4.78 is 0. The van der Waals surface area contributed by atoms with Crippen LogP contribution in [0.25, 0.3) is 0 Å². The number of aryl methyl sites for hydroxylation is 1. The van der Waals surface area contributed by atoms with Gasteiger partial charge in [0, 0.05) is 17.9 Å². The summed E-state index contributed by atoms with van der Waals surface area (Å²) in [6, 6.07) is 4.56. The number of nitro groups is 1. The summed E-state index contributed by atoms with van der Waals surface area (Å²) in [6.07, 6.45) is 0. The van der Waals surface area contributed by atoms with Gasteiger partial charge in [-0.25, -0.2) is 0 Å². The van der Waals surface area contributed by atoms with E-state index in [4.69, 9.17) is 11.6 Å². The molecule has 1 N–H and O–H groups in total. The molecule has 17 heavy (non-hydrogen) atoms. The van der Waals surface area contributed by atoms with E-state index in [-0.39, 0.29) is 23.2 Å². The van der Waals surface area contributed by atoms with Crippen LogP contribution in [0.4, 0.5) is 11.4 Å². The van der Waals surface area contributed by atoms with Crippen molar-refractivity contribution >= 4 is 28.9 Å². The highest BCUT2D eigenvalue weighted by molar-refractivity contribution is 6.19. The number of rotatable bonds is 4. The van der Waals surface area contributed by atoms with Gasteiger partial charge in [-0.1, -0.05) is 13.0 Å². The summed E-state index contributed by atoms with van der Waals surface area (Å²) >= 11 is 5.55. The zero-order chi connectivity index (χ0) is 13.0. The average Bonchev–Trinajstić information content (AvgIpc) is 2.27. The molecular weight excluding hydrogens is 244 g/mol. The summed E-state index contributed by atoms with van der Waals surface area (Å²) in [7, 11) is 0. The molecule has 0 aliphatic heterocycles. The zero-order valence-corrected chi connectivity index (χ0v) is 10.3. The summed E-state index contributed by atoms with van der Waals surface area (Å²) in [4.78, 5) is 21.9. The number of carbonyl (C=O) groups excluding carboxylic acids is 1. The normalized spacial score (nSPS) is 11.9. The number of nitrogens with one attached hydrogen (secondary N) is 1. The molecule has 5 nitrogen and oxygen atoms in total. The van der Waals surface area contributed by atoms with Crippen molar-refractivity contribution in [3.63, 3.8) is 0 Å². The molecule has 0 heterocycles. The highest BCUT2D eigenvalue weighted by atomic mass is 35.5. The highest BCUT2D eigenvalue weighted by Gasteiger charge is 2.18. The number of hydrogen-bond donors (Lipinski definition) is 1. The Labute approximate surface area is 104 Å². The van der Waals surface area contributed by atoms with Gasteiger partial charge in [-0.05, 0) is 18.6 Å².